The number of carbonyl (C=O) groups is 1. The number of hydrogen-bond donors (Lipinski definition) is 3. The molecule has 2 aromatic rings. The topological polar surface area (TPSA) is 95.9 Å². The van der Waals surface area contributed by atoms with Crippen molar-refractivity contribution in [3.05, 3.63) is 33.1 Å². The molecule has 0 bridgehead atoms. The number of nitrogens with one attached hydrogen (secondary N) is 1. The lowest BCUT2D eigenvalue weighted by atomic mass is 10.1. The van der Waals surface area contributed by atoms with Crippen LogP contribution in [0.1, 0.15) is 21.7 Å². The lowest BCUT2D eigenvalue weighted by Gasteiger charge is -2.16. The number of ether oxygens (including phenoxy) is 1. The zero-order valence-corrected chi connectivity index (χ0v) is 16.3. The monoisotopic (exact) mass is 457 g/mol. The number of benzene rings is 1. The highest BCUT2D eigenvalue weighted by molar-refractivity contribution is 9.10. The van der Waals surface area contributed by atoms with E-state index in [4.69, 9.17) is 14.5 Å². The van der Waals surface area contributed by atoms with Gasteiger partial charge in [0.05, 0.1) is 0 Å². The fourth-order valence-electron chi connectivity index (χ4n) is 2.06. The number of rotatable bonds is 7. The van der Waals surface area contributed by atoms with Crippen molar-refractivity contribution in [3.8, 4) is 0 Å². The average molecular weight is 458 g/mol. The number of fused-ring (bicyclic) bond motifs is 1. The maximum atomic E-state index is 14.0. The molecule has 1 aromatic carbocycles. The van der Waals surface area contributed by atoms with Crippen molar-refractivity contribution < 1.29 is 32.7 Å². The Bertz CT molecular complexity index is 838. The third kappa shape index (κ3) is 4.27. The second-order valence-electron chi connectivity index (χ2n) is 5.14. The van der Waals surface area contributed by atoms with Crippen molar-refractivity contribution in [1.82, 2.24) is 5.32 Å². The summed E-state index contributed by atoms with van der Waals surface area (Å²) >= 11 is 3.54. The quantitative estimate of drug-likeness (QED) is 0.435. The van der Waals surface area contributed by atoms with E-state index in [0.29, 0.717) is 35.6 Å². The van der Waals surface area contributed by atoms with E-state index >= 15 is 0 Å². The smallest absolute Gasteiger partial charge is 0.385 e. The summed E-state index contributed by atoms with van der Waals surface area (Å²) in [5.74, 6) is -0.376. The van der Waals surface area contributed by atoms with E-state index in [9.17, 15) is 18.1 Å². The van der Waals surface area contributed by atoms with Gasteiger partial charge in [-0.2, -0.15) is 8.78 Å². The fraction of sp³-hybridized carbons (Fsp3) is 0.357. The molecule has 138 valence electrons. The SMILES string of the molecule is COCCCNC(=O)c1ccc2sc(C(F)(F)P(=O)(O)O)c(Br)c2c1. The Kier molecular flexibility index (Phi) is 6.35. The van der Waals surface area contributed by atoms with Gasteiger partial charge >= 0.3 is 13.3 Å². The van der Waals surface area contributed by atoms with Gasteiger partial charge in [0.25, 0.3) is 5.91 Å². The molecule has 1 heterocycles. The Morgan fingerprint density at radius 3 is 2.72 bits per heavy atom. The predicted octanol–water partition coefficient (Wildman–Crippen LogP) is 3.66. The second-order valence-corrected chi connectivity index (χ2v) is 8.64. The fourth-order valence-corrected chi connectivity index (χ4v) is 4.98. The normalized spacial score (nSPS) is 12.6. The molecule has 25 heavy (non-hydrogen) atoms. The van der Waals surface area contributed by atoms with Crippen molar-refractivity contribution in [3.63, 3.8) is 0 Å². The highest BCUT2D eigenvalue weighted by atomic mass is 79.9. The molecule has 0 unspecified atom stereocenters. The molecule has 0 aliphatic heterocycles. The van der Waals surface area contributed by atoms with Gasteiger partial charge in [0, 0.05) is 40.4 Å². The van der Waals surface area contributed by atoms with Gasteiger partial charge in [-0.15, -0.1) is 11.3 Å². The number of methoxy groups -OCH3 is 1. The standard InChI is InChI=1S/C14H15BrF2NO5PS/c1-23-6-2-5-18-13(19)8-3-4-10-9(7-8)11(15)12(25-10)14(16,17)24(20,21)22/h3-4,7H,2,5-6H2,1H3,(H,18,19)(H2,20,21,22). The Morgan fingerprint density at radius 2 is 2.12 bits per heavy atom. The van der Waals surface area contributed by atoms with Crippen LogP contribution in [0.25, 0.3) is 10.1 Å². The lowest BCUT2D eigenvalue weighted by Crippen LogP contribution is -2.25. The van der Waals surface area contributed by atoms with Gasteiger partial charge in [-0.3, -0.25) is 9.36 Å². The van der Waals surface area contributed by atoms with Crippen molar-refractivity contribution in [1.29, 1.82) is 0 Å². The Hall–Kier alpha value is -0.900. The molecule has 0 spiro atoms. The van der Waals surface area contributed by atoms with Crippen molar-refractivity contribution in [2.24, 2.45) is 0 Å². The number of halogens is 3. The average Bonchev–Trinajstić information content (AvgIpc) is 2.87. The summed E-state index contributed by atoms with van der Waals surface area (Å²) in [6.07, 6.45) is 0.630. The highest BCUT2D eigenvalue weighted by Crippen LogP contribution is 2.62. The summed E-state index contributed by atoms with van der Waals surface area (Å²) in [7, 11) is -4.12. The van der Waals surface area contributed by atoms with E-state index in [1.807, 2.05) is 0 Å². The van der Waals surface area contributed by atoms with E-state index in [0.717, 1.165) is 0 Å². The minimum Gasteiger partial charge on any atom is -0.385 e. The highest BCUT2D eigenvalue weighted by Gasteiger charge is 2.53. The minimum atomic E-state index is -5.67. The van der Waals surface area contributed by atoms with Crippen LogP contribution in [-0.4, -0.2) is 36.0 Å². The molecule has 11 heteroatoms. The summed E-state index contributed by atoms with van der Waals surface area (Å²) in [4.78, 5) is 29.1. The molecule has 0 aliphatic carbocycles. The molecule has 0 fully saturated rings. The first-order valence-electron chi connectivity index (χ1n) is 7.02. The van der Waals surface area contributed by atoms with Crippen LogP contribution in [0.4, 0.5) is 8.78 Å². The number of thiophene rings is 1. The van der Waals surface area contributed by atoms with Gasteiger partial charge in [0.15, 0.2) is 0 Å². The van der Waals surface area contributed by atoms with Crippen LogP contribution in [0.5, 0.6) is 0 Å². The molecule has 1 amide bonds. The molecule has 0 saturated heterocycles. The Labute approximate surface area is 154 Å². The molecule has 0 aliphatic rings. The van der Waals surface area contributed by atoms with Crippen LogP contribution in [0.15, 0.2) is 22.7 Å². The zero-order chi connectivity index (χ0) is 18.8. The molecule has 3 N–H and O–H groups in total. The Morgan fingerprint density at radius 1 is 1.44 bits per heavy atom. The molecule has 0 atom stereocenters. The third-order valence-corrected chi connectivity index (χ3v) is 6.77. The van der Waals surface area contributed by atoms with Gasteiger partial charge in [0.1, 0.15) is 4.88 Å². The van der Waals surface area contributed by atoms with Crippen LogP contribution < -0.4 is 5.32 Å². The first-order valence-corrected chi connectivity index (χ1v) is 10.2. The maximum absolute atomic E-state index is 14.0. The number of hydrogen-bond acceptors (Lipinski definition) is 4. The first-order chi connectivity index (χ1) is 11.6. The molecule has 0 saturated carbocycles. The first kappa shape index (κ1) is 20.4. The van der Waals surface area contributed by atoms with Gasteiger partial charge in [-0.1, -0.05) is 0 Å². The van der Waals surface area contributed by atoms with Crippen LogP contribution in [0.2, 0.25) is 0 Å². The van der Waals surface area contributed by atoms with Gasteiger partial charge < -0.3 is 19.8 Å². The number of carbonyl (C=O) groups excluding carboxylic acids is 1. The third-order valence-electron chi connectivity index (χ3n) is 3.34. The van der Waals surface area contributed by atoms with Crippen LogP contribution in [0, 0.1) is 0 Å². The van der Waals surface area contributed by atoms with Gasteiger partial charge in [-0.25, -0.2) is 0 Å². The van der Waals surface area contributed by atoms with E-state index in [1.165, 1.54) is 18.2 Å². The summed E-state index contributed by atoms with van der Waals surface area (Å²) in [6, 6.07) is 4.34. The van der Waals surface area contributed by atoms with Crippen molar-refractivity contribution in [2.75, 3.05) is 20.3 Å². The summed E-state index contributed by atoms with van der Waals surface area (Å²) < 4.78 is 44.2. The van der Waals surface area contributed by atoms with Gasteiger partial charge in [-0.05, 0) is 40.5 Å². The van der Waals surface area contributed by atoms with Crippen LogP contribution in [-0.2, 0) is 15.0 Å². The summed E-state index contributed by atoms with van der Waals surface area (Å²) in [6.45, 7) is 0.896. The van der Waals surface area contributed by atoms with E-state index < -0.39 is 18.1 Å². The second kappa shape index (κ2) is 7.77. The molecular formula is C14H15BrF2NO5PS. The molecule has 6 nitrogen and oxygen atoms in total. The summed E-state index contributed by atoms with van der Waals surface area (Å²) in [5.41, 5.74) is -4.05. The van der Waals surface area contributed by atoms with Crippen LogP contribution >= 0.6 is 34.9 Å². The van der Waals surface area contributed by atoms with E-state index in [1.54, 1.807) is 7.11 Å². The van der Waals surface area contributed by atoms with Crippen molar-refractivity contribution >= 4 is 50.9 Å². The van der Waals surface area contributed by atoms with E-state index in [-0.39, 0.29) is 21.3 Å². The predicted molar refractivity (Wildman–Crippen MR) is 94.3 cm³/mol. The lowest BCUT2D eigenvalue weighted by molar-refractivity contribution is 0.0595. The van der Waals surface area contributed by atoms with Crippen molar-refractivity contribution in [2.45, 2.75) is 12.1 Å². The zero-order valence-electron chi connectivity index (χ0n) is 13.0. The maximum Gasteiger partial charge on any atom is 0.400 e. The number of alkyl halides is 2. The molecule has 2 rings (SSSR count). The van der Waals surface area contributed by atoms with E-state index in [2.05, 4.69) is 21.2 Å². The molecule has 1 aromatic heterocycles. The molecular weight excluding hydrogens is 443 g/mol. The summed E-state index contributed by atoms with van der Waals surface area (Å²) in [5, 5.41) is 2.97. The number of amides is 1. The molecule has 0 radical (unpaired) electrons. The largest absolute Gasteiger partial charge is 0.400 e. The van der Waals surface area contributed by atoms with Gasteiger partial charge in [0.2, 0.25) is 0 Å². The minimum absolute atomic E-state index is 0.130. The van der Waals surface area contributed by atoms with Crippen LogP contribution in [0.3, 0.4) is 0 Å². The Balaban J connectivity index is 2.34.